The Balaban J connectivity index is 1.67. The molecule has 142 valence electrons. The smallest absolute Gasteiger partial charge is 0.251 e. The van der Waals surface area contributed by atoms with Crippen molar-refractivity contribution >= 4 is 11.9 Å². The summed E-state index contributed by atoms with van der Waals surface area (Å²) < 4.78 is 3.81. The number of aromatic nitrogens is 5. The fourth-order valence-corrected chi connectivity index (χ4v) is 2.75. The van der Waals surface area contributed by atoms with E-state index in [0.717, 1.165) is 18.1 Å². The van der Waals surface area contributed by atoms with Crippen LogP contribution in [0.1, 0.15) is 30.2 Å². The highest BCUT2D eigenvalue weighted by molar-refractivity contribution is 5.94. The average Bonchev–Trinajstić information content (AvgIpc) is 3.35. The zero-order valence-electron chi connectivity index (χ0n) is 16.1. The lowest BCUT2D eigenvalue weighted by Crippen LogP contribution is -2.29. The van der Waals surface area contributed by atoms with E-state index in [1.807, 2.05) is 60.4 Å². The Kier molecular flexibility index (Phi) is 5.54. The normalized spacial score (nSPS) is 12.0. The van der Waals surface area contributed by atoms with Gasteiger partial charge in [0, 0.05) is 56.7 Å². The summed E-state index contributed by atoms with van der Waals surface area (Å²) in [7, 11) is 3.89. The van der Waals surface area contributed by atoms with Gasteiger partial charge in [-0.25, -0.2) is 9.67 Å². The molecule has 0 aliphatic carbocycles. The topological polar surface area (TPSA) is 80.9 Å². The minimum Gasteiger partial charge on any atom is -0.350 e. The molecule has 0 aliphatic heterocycles. The van der Waals surface area contributed by atoms with Crippen LogP contribution in [0, 0.1) is 0 Å². The second-order valence-electron chi connectivity index (χ2n) is 6.59. The van der Waals surface area contributed by atoms with E-state index in [-0.39, 0.29) is 11.9 Å². The largest absolute Gasteiger partial charge is 0.350 e. The van der Waals surface area contributed by atoms with Gasteiger partial charge in [-0.15, -0.1) is 5.10 Å². The number of carbonyl (C=O) groups is 1. The second-order valence-corrected chi connectivity index (χ2v) is 6.59. The van der Waals surface area contributed by atoms with Gasteiger partial charge in [-0.2, -0.15) is 4.98 Å². The molecule has 0 aliphatic rings. The Hall–Kier alpha value is -3.16. The summed E-state index contributed by atoms with van der Waals surface area (Å²) >= 11 is 0. The highest BCUT2D eigenvalue weighted by Crippen LogP contribution is 2.20. The first-order chi connectivity index (χ1) is 13.0. The number of aryl methyl sites for hydroxylation is 1. The molecule has 0 saturated carbocycles. The number of hydrogen-bond donors (Lipinski definition) is 1. The second kappa shape index (κ2) is 8.03. The van der Waals surface area contributed by atoms with Gasteiger partial charge in [-0.05, 0) is 26.0 Å². The van der Waals surface area contributed by atoms with Crippen LogP contribution in [0.25, 0.3) is 11.4 Å². The molecular weight excluding hydrogens is 342 g/mol. The minimum absolute atomic E-state index is 0.102. The predicted octanol–water partition coefficient (Wildman–Crippen LogP) is 2.22. The van der Waals surface area contributed by atoms with E-state index in [2.05, 4.69) is 20.4 Å². The summed E-state index contributed by atoms with van der Waals surface area (Å²) in [5.74, 6) is 1.36. The van der Waals surface area contributed by atoms with E-state index in [1.165, 1.54) is 0 Å². The lowest BCUT2D eigenvalue weighted by Gasteiger charge is -2.14. The van der Waals surface area contributed by atoms with Gasteiger partial charge in [0.05, 0.1) is 6.33 Å². The minimum atomic E-state index is -0.102. The molecular formula is C19H25N7O. The molecule has 3 rings (SSSR count). The SMILES string of the molecule is CCn1nc(-c2ccc(C(=O)NCC(C)n3ccnc3)cc2)nc1N(C)C. The fourth-order valence-electron chi connectivity index (χ4n) is 2.75. The number of hydrogen-bond acceptors (Lipinski definition) is 5. The molecule has 0 fully saturated rings. The summed E-state index contributed by atoms with van der Waals surface area (Å²) in [5.41, 5.74) is 1.49. The molecule has 1 unspecified atom stereocenters. The summed E-state index contributed by atoms with van der Waals surface area (Å²) in [4.78, 5) is 22.9. The van der Waals surface area contributed by atoms with Crippen molar-refractivity contribution in [2.45, 2.75) is 26.4 Å². The first kappa shape index (κ1) is 18.6. The average molecular weight is 367 g/mol. The Morgan fingerprint density at radius 2 is 2.00 bits per heavy atom. The van der Waals surface area contributed by atoms with Gasteiger partial charge in [0.2, 0.25) is 5.95 Å². The Morgan fingerprint density at radius 1 is 1.26 bits per heavy atom. The molecule has 0 bridgehead atoms. The Bertz CT molecular complexity index is 881. The van der Waals surface area contributed by atoms with E-state index in [1.54, 1.807) is 24.7 Å². The molecule has 8 nitrogen and oxygen atoms in total. The zero-order chi connectivity index (χ0) is 19.4. The highest BCUT2D eigenvalue weighted by Gasteiger charge is 2.13. The van der Waals surface area contributed by atoms with Gasteiger partial charge in [0.25, 0.3) is 5.91 Å². The number of amides is 1. The lowest BCUT2D eigenvalue weighted by atomic mass is 10.1. The molecule has 2 heterocycles. The number of nitrogens with zero attached hydrogens (tertiary/aromatic N) is 6. The fraction of sp³-hybridized carbons (Fsp3) is 0.368. The molecule has 27 heavy (non-hydrogen) atoms. The third-order valence-electron chi connectivity index (χ3n) is 4.35. The van der Waals surface area contributed by atoms with Gasteiger partial charge < -0.3 is 14.8 Å². The van der Waals surface area contributed by atoms with Gasteiger partial charge in [0.1, 0.15) is 0 Å². The number of carbonyl (C=O) groups excluding carboxylic acids is 1. The maximum absolute atomic E-state index is 12.4. The highest BCUT2D eigenvalue weighted by atomic mass is 16.1. The monoisotopic (exact) mass is 367 g/mol. The molecule has 0 spiro atoms. The van der Waals surface area contributed by atoms with Crippen molar-refractivity contribution < 1.29 is 4.79 Å². The van der Waals surface area contributed by atoms with Crippen molar-refractivity contribution in [1.29, 1.82) is 0 Å². The standard InChI is InChI=1S/C19H25N7O/c1-5-26-19(24(3)4)22-17(23-26)15-6-8-16(9-7-15)18(27)21-12-14(2)25-11-10-20-13-25/h6-11,13-14H,5,12H2,1-4H3,(H,21,27). The van der Waals surface area contributed by atoms with Crippen molar-refractivity contribution in [3.05, 3.63) is 48.5 Å². The molecule has 2 aromatic heterocycles. The molecule has 1 amide bonds. The molecule has 3 aromatic rings. The van der Waals surface area contributed by atoms with Crippen molar-refractivity contribution in [3.8, 4) is 11.4 Å². The predicted molar refractivity (Wildman–Crippen MR) is 105 cm³/mol. The number of anilines is 1. The van der Waals surface area contributed by atoms with E-state index in [9.17, 15) is 4.79 Å². The van der Waals surface area contributed by atoms with Crippen LogP contribution in [-0.2, 0) is 6.54 Å². The summed E-state index contributed by atoms with van der Waals surface area (Å²) in [6.07, 6.45) is 5.36. The number of nitrogens with one attached hydrogen (secondary N) is 1. The first-order valence-electron chi connectivity index (χ1n) is 8.97. The van der Waals surface area contributed by atoms with Crippen LogP contribution in [0.2, 0.25) is 0 Å². The Morgan fingerprint density at radius 3 is 2.56 bits per heavy atom. The molecule has 1 atom stereocenters. The van der Waals surface area contributed by atoms with Crippen molar-refractivity contribution in [2.75, 3.05) is 25.5 Å². The van der Waals surface area contributed by atoms with Gasteiger partial charge in [-0.1, -0.05) is 12.1 Å². The van der Waals surface area contributed by atoms with Crippen LogP contribution in [-0.4, -0.2) is 50.9 Å². The van der Waals surface area contributed by atoms with E-state index in [4.69, 9.17) is 0 Å². The van der Waals surface area contributed by atoms with Gasteiger partial charge in [-0.3, -0.25) is 4.79 Å². The first-order valence-corrected chi connectivity index (χ1v) is 8.97. The maximum Gasteiger partial charge on any atom is 0.251 e. The summed E-state index contributed by atoms with van der Waals surface area (Å²) in [6.45, 7) is 5.34. The molecule has 0 saturated heterocycles. The van der Waals surface area contributed by atoms with Crippen LogP contribution in [0.4, 0.5) is 5.95 Å². The van der Waals surface area contributed by atoms with Crippen LogP contribution in [0.5, 0.6) is 0 Å². The summed E-state index contributed by atoms with van der Waals surface area (Å²) in [5, 5.41) is 7.49. The lowest BCUT2D eigenvalue weighted by molar-refractivity contribution is 0.0948. The number of rotatable bonds is 7. The molecule has 1 aromatic carbocycles. The molecule has 8 heteroatoms. The number of benzene rings is 1. The third kappa shape index (κ3) is 4.16. The Labute approximate surface area is 158 Å². The molecule has 0 radical (unpaired) electrons. The number of imidazole rings is 1. The van der Waals surface area contributed by atoms with Crippen LogP contribution in [0.15, 0.2) is 43.0 Å². The van der Waals surface area contributed by atoms with Crippen LogP contribution < -0.4 is 10.2 Å². The van der Waals surface area contributed by atoms with Crippen LogP contribution in [0.3, 0.4) is 0 Å². The third-order valence-corrected chi connectivity index (χ3v) is 4.35. The quantitative estimate of drug-likeness (QED) is 0.692. The van der Waals surface area contributed by atoms with E-state index in [0.29, 0.717) is 17.9 Å². The molecule has 1 N–H and O–H groups in total. The van der Waals surface area contributed by atoms with E-state index < -0.39 is 0 Å². The van der Waals surface area contributed by atoms with Crippen LogP contribution >= 0.6 is 0 Å². The maximum atomic E-state index is 12.4. The van der Waals surface area contributed by atoms with E-state index >= 15 is 0 Å². The van der Waals surface area contributed by atoms with Gasteiger partial charge in [0.15, 0.2) is 5.82 Å². The van der Waals surface area contributed by atoms with Crippen molar-refractivity contribution in [3.63, 3.8) is 0 Å². The zero-order valence-corrected chi connectivity index (χ0v) is 16.1. The van der Waals surface area contributed by atoms with Crippen molar-refractivity contribution in [2.24, 2.45) is 0 Å². The van der Waals surface area contributed by atoms with Gasteiger partial charge >= 0.3 is 0 Å². The summed E-state index contributed by atoms with van der Waals surface area (Å²) in [6, 6.07) is 7.50. The van der Waals surface area contributed by atoms with Crippen molar-refractivity contribution in [1.82, 2.24) is 29.6 Å².